The van der Waals surface area contributed by atoms with E-state index in [1.165, 1.54) is 0 Å². The summed E-state index contributed by atoms with van der Waals surface area (Å²) in [6.45, 7) is 3.78. The summed E-state index contributed by atoms with van der Waals surface area (Å²) >= 11 is 0. The first-order valence-corrected chi connectivity index (χ1v) is 4.64. The normalized spacial score (nSPS) is 11.0. The molecule has 74 valence electrons. The van der Waals surface area contributed by atoms with E-state index in [0.717, 1.165) is 22.0 Å². The van der Waals surface area contributed by atoms with Gasteiger partial charge in [-0.1, -0.05) is 24.8 Å². The van der Waals surface area contributed by atoms with Gasteiger partial charge in [0.15, 0.2) is 0 Å². The molecule has 0 amide bonds. The molecule has 15 heavy (non-hydrogen) atoms. The molecule has 1 aromatic carbocycles. The van der Waals surface area contributed by atoms with Crippen LogP contribution in [0.15, 0.2) is 36.2 Å². The Kier molecular flexibility index (Phi) is 2.54. The van der Waals surface area contributed by atoms with Gasteiger partial charge in [0.1, 0.15) is 6.33 Å². The van der Waals surface area contributed by atoms with Crippen LogP contribution in [0.25, 0.3) is 17.0 Å². The summed E-state index contributed by atoms with van der Waals surface area (Å²) in [6.07, 6.45) is 6.94. The van der Waals surface area contributed by atoms with Gasteiger partial charge in [0.25, 0.3) is 0 Å². The van der Waals surface area contributed by atoms with Crippen molar-refractivity contribution >= 4 is 23.2 Å². The largest absolute Gasteiger partial charge is 0.296 e. The van der Waals surface area contributed by atoms with Gasteiger partial charge >= 0.3 is 0 Å². The predicted molar refractivity (Wildman–Crippen MR) is 63.1 cm³/mol. The highest BCUT2D eigenvalue weighted by Gasteiger charge is 2.03. The average molecular weight is 197 g/mol. The maximum atomic E-state index is 4.26. The van der Waals surface area contributed by atoms with Gasteiger partial charge in [-0.15, -0.1) is 0 Å². The zero-order chi connectivity index (χ0) is 10.7. The van der Waals surface area contributed by atoms with Crippen molar-refractivity contribution < 1.29 is 0 Å². The van der Waals surface area contributed by atoms with E-state index in [2.05, 4.69) is 21.5 Å². The fourth-order valence-electron chi connectivity index (χ4n) is 1.54. The molecule has 0 saturated heterocycles. The molecule has 0 bridgehead atoms. The second-order valence-corrected chi connectivity index (χ2v) is 3.12. The van der Waals surface area contributed by atoms with E-state index in [1.807, 2.05) is 12.1 Å². The van der Waals surface area contributed by atoms with Gasteiger partial charge in [-0.2, -0.15) is 0 Å². The van der Waals surface area contributed by atoms with Crippen molar-refractivity contribution in [3.05, 3.63) is 42.4 Å². The van der Waals surface area contributed by atoms with E-state index in [1.54, 1.807) is 31.9 Å². The molecule has 1 aromatic heterocycles. The van der Waals surface area contributed by atoms with Crippen molar-refractivity contribution in [2.75, 3.05) is 7.05 Å². The van der Waals surface area contributed by atoms with Crippen LogP contribution in [-0.2, 0) is 0 Å². The van der Waals surface area contributed by atoms with Gasteiger partial charge < -0.3 is 0 Å². The molecule has 0 radical (unpaired) electrons. The zero-order valence-corrected chi connectivity index (χ0v) is 8.51. The van der Waals surface area contributed by atoms with E-state index < -0.39 is 0 Å². The van der Waals surface area contributed by atoms with E-state index in [9.17, 15) is 0 Å². The van der Waals surface area contributed by atoms with E-state index >= 15 is 0 Å². The van der Waals surface area contributed by atoms with Crippen molar-refractivity contribution in [1.82, 2.24) is 9.97 Å². The summed E-state index contributed by atoms with van der Waals surface area (Å²) in [7, 11) is 1.74. The first-order chi connectivity index (χ1) is 7.36. The first-order valence-electron chi connectivity index (χ1n) is 4.64. The molecule has 0 aliphatic carbocycles. The minimum Gasteiger partial charge on any atom is -0.296 e. The molecule has 0 unspecified atom stereocenters. The Morgan fingerprint density at radius 3 is 3.00 bits per heavy atom. The summed E-state index contributed by atoms with van der Waals surface area (Å²) in [5.74, 6) is 0. The molecule has 0 atom stereocenters. The summed E-state index contributed by atoms with van der Waals surface area (Å²) in [6, 6.07) is 3.98. The molecular formula is C12H11N3. The lowest BCUT2D eigenvalue weighted by Crippen LogP contribution is -1.92. The van der Waals surface area contributed by atoms with E-state index in [-0.39, 0.29) is 0 Å². The molecule has 1 heterocycles. The highest BCUT2D eigenvalue weighted by atomic mass is 14.8. The molecule has 3 heteroatoms. The number of hydrogen-bond donors (Lipinski definition) is 0. The van der Waals surface area contributed by atoms with Gasteiger partial charge in [0.05, 0.1) is 5.52 Å². The smallest absolute Gasteiger partial charge is 0.116 e. The van der Waals surface area contributed by atoms with Crippen LogP contribution in [0.2, 0.25) is 0 Å². The summed E-state index contributed by atoms with van der Waals surface area (Å²) in [5.41, 5.74) is 2.94. The topological polar surface area (TPSA) is 38.1 Å². The number of benzene rings is 1. The summed E-state index contributed by atoms with van der Waals surface area (Å²) in [5, 5.41) is 1.01. The molecule has 2 rings (SSSR count). The van der Waals surface area contributed by atoms with Crippen LogP contribution in [0.4, 0.5) is 0 Å². The number of nitrogens with zero attached hydrogens (tertiary/aromatic N) is 3. The molecule has 0 spiro atoms. The zero-order valence-electron chi connectivity index (χ0n) is 8.51. The molecule has 2 aromatic rings. The Balaban J connectivity index is 2.84. The lowest BCUT2D eigenvalue weighted by Gasteiger charge is -2.04. The predicted octanol–water partition coefficient (Wildman–Crippen LogP) is 2.32. The third kappa shape index (κ3) is 1.64. The van der Waals surface area contributed by atoms with E-state index in [0.29, 0.717) is 0 Å². The third-order valence-corrected chi connectivity index (χ3v) is 2.23. The summed E-state index contributed by atoms with van der Waals surface area (Å²) in [4.78, 5) is 12.3. The van der Waals surface area contributed by atoms with Crippen LogP contribution in [0, 0.1) is 0 Å². The van der Waals surface area contributed by atoms with Crippen LogP contribution >= 0.6 is 0 Å². The monoisotopic (exact) mass is 197 g/mol. The number of hydrogen-bond acceptors (Lipinski definition) is 3. The van der Waals surface area contributed by atoms with Crippen LogP contribution in [0.3, 0.4) is 0 Å². The van der Waals surface area contributed by atoms with Gasteiger partial charge in [-0.3, -0.25) is 4.99 Å². The Hall–Kier alpha value is -2.03. The Bertz CT molecular complexity index is 529. The minimum absolute atomic E-state index is 0.910. The van der Waals surface area contributed by atoms with Gasteiger partial charge in [0, 0.05) is 30.4 Å². The molecule has 0 fully saturated rings. The molecular weight excluding hydrogens is 186 g/mol. The third-order valence-electron chi connectivity index (χ3n) is 2.23. The van der Waals surface area contributed by atoms with Crippen LogP contribution in [-0.4, -0.2) is 23.2 Å². The van der Waals surface area contributed by atoms with Crippen molar-refractivity contribution in [1.29, 1.82) is 0 Å². The second-order valence-electron chi connectivity index (χ2n) is 3.12. The van der Waals surface area contributed by atoms with E-state index in [4.69, 9.17) is 0 Å². The number of aromatic nitrogens is 2. The highest BCUT2D eigenvalue weighted by Crippen LogP contribution is 2.18. The quantitative estimate of drug-likeness (QED) is 0.693. The van der Waals surface area contributed by atoms with Crippen LogP contribution in [0.5, 0.6) is 0 Å². The van der Waals surface area contributed by atoms with Crippen LogP contribution < -0.4 is 0 Å². The van der Waals surface area contributed by atoms with Crippen molar-refractivity contribution in [3.63, 3.8) is 0 Å². The van der Waals surface area contributed by atoms with Gasteiger partial charge in [-0.05, 0) is 5.56 Å². The lowest BCUT2D eigenvalue weighted by molar-refractivity contribution is 1.22. The average Bonchev–Trinajstić information content (AvgIpc) is 2.30. The summed E-state index contributed by atoms with van der Waals surface area (Å²) < 4.78 is 0. The molecule has 0 aliphatic heterocycles. The minimum atomic E-state index is 0.910. The Labute approximate surface area is 88.2 Å². The van der Waals surface area contributed by atoms with Crippen LogP contribution in [0.1, 0.15) is 11.1 Å². The highest BCUT2D eigenvalue weighted by molar-refractivity contribution is 6.00. The lowest BCUT2D eigenvalue weighted by atomic mass is 10.0. The molecule has 0 saturated carbocycles. The van der Waals surface area contributed by atoms with Gasteiger partial charge in [0.2, 0.25) is 0 Å². The van der Waals surface area contributed by atoms with Crippen molar-refractivity contribution in [2.24, 2.45) is 4.99 Å². The standard InChI is InChI=1S/C12H11N3/c1-3-9-4-5-10-6-14-8-15-12(10)11(9)7-13-2/h3-8H,1H2,2H3/b13-7-. The molecule has 3 nitrogen and oxygen atoms in total. The second kappa shape index (κ2) is 4.00. The fraction of sp³-hybridized carbons (Fsp3) is 0.0833. The van der Waals surface area contributed by atoms with Crippen molar-refractivity contribution in [3.8, 4) is 0 Å². The fourth-order valence-corrected chi connectivity index (χ4v) is 1.54. The first kappa shape index (κ1) is 9.52. The van der Waals surface area contributed by atoms with Crippen molar-refractivity contribution in [2.45, 2.75) is 0 Å². The Morgan fingerprint density at radius 2 is 2.27 bits per heavy atom. The SMILES string of the molecule is C=Cc1ccc2cncnc2c1/C=N\C. The van der Waals surface area contributed by atoms with Gasteiger partial charge in [-0.25, -0.2) is 9.97 Å². The maximum Gasteiger partial charge on any atom is 0.116 e. The number of aliphatic imine (C=N–C) groups is 1. The molecule has 0 aliphatic rings. The Morgan fingerprint density at radius 1 is 1.40 bits per heavy atom. The number of rotatable bonds is 2. The maximum absolute atomic E-state index is 4.26. The number of fused-ring (bicyclic) bond motifs is 1. The molecule has 0 N–H and O–H groups in total.